The van der Waals surface area contributed by atoms with Crippen molar-refractivity contribution in [2.75, 3.05) is 5.75 Å². The summed E-state index contributed by atoms with van der Waals surface area (Å²) in [4.78, 5) is 4.55. The van der Waals surface area contributed by atoms with Crippen LogP contribution < -0.4 is 5.43 Å². The lowest BCUT2D eigenvalue weighted by Crippen LogP contribution is -2.25. The molecular weight excluding hydrogens is 316 g/mol. The van der Waals surface area contributed by atoms with E-state index in [1.54, 1.807) is 0 Å². The summed E-state index contributed by atoms with van der Waals surface area (Å²) in [6.07, 6.45) is 0. The van der Waals surface area contributed by atoms with Crippen molar-refractivity contribution in [2.24, 2.45) is 10.1 Å². The molecule has 0 saturated heterocycles. The highest BCUT2D eigenvalue weighted by molar-refractivity contribution is 8.14. The van der Waals surface area contributed by atoms with Crippen molar-refractivity contribution < 1.29 is 8.78 Å². The summed E-state index contributed by atoms with van der Waals surface area (Å²) >= 11 is 1.48. The number of rotatable bonds is 2. The summed E-state index contributed by atoms with van der Waals surface area (Å²) in [5.41, 5.74) is 7.27. The molecule has 2 aromatic carbocycles. The SMILES string of the molecule is Cc1ccc(N=C2NN=C(c3ccc(F)c(F)c3)CS2)c(C)c1. The Hall–Kier alpha value is -2.21. The number of thioether (sulfide) groups is 1. The first-order chi connectivity index (χ1) is 11.0. The quantitative estimate of drug-likeness (QED) is 0.890. The number of aryl methyl sites for hydroxylation is 2. The second kappa shape index (κ2) is 6.50. The van der Waals surface area contributed by atoms with Crippen molar-refractivity contribution in [3.8, 4) is 0 Å². The summed E-state index contributed by atoms with van der Waals surface area (Å²) < 4.78 is 26.3. The van der Waals surface area contributed by atoms with Crippen LogP contribution in [0.15, 0.2) is 46.5 Å². The lowest BCUT2D eigenvalue weighted by atomic mass is 10.1. The van der Waals surface area contributed by atoms with Gasteiger partial charge in [-0.3, -0.25) is 5.43 Å². The van der Waals surface area contributed by atoms with Crippen molar-refractivity contribution in [2.45, 2.75) is 13.8 Å². The molecule has 0 radical (unpaired) electrons. The van der Waals surface area contributed by atoms with E-state index in [1.807, 2.05) is 26.0 Å². The molecule has 23 heavy (non-hydrogen) atoms. The molecule has 0 saturated carbocycles. The average molecular weight is 331 g/mol. The molecule has 0 fully saturated rings. The Bertz CT molecular complexity index is 815. The number of hydrogen-bond acceptors (Lipinski definition) is 3. The normalized spacial score (nSPS) is 16.2. The Labute approximate surface area is 137 Å². The molecule has 1 aliphatic heterocycles. The Kier molecular flexibility index (Phi) is 4.43. The molecule has 1 N–H and O–H groups in total. The average Bonchev–Trinajstić information content (AvgIpc) is 2.53. The summed E-state index contributed by atoms with van der Waals surface area (Å²) in [6, 6.07) is 9.83. The molecule has 0 unspecified atom stereocenters. The number of hydrazone groups is 1. The topological polar surface area (TPSA) is 36.8 Å². The maximum atomic E-state index is 13.3. The molecule has 0 atom stereocenters. The monoisotopic (exact) mass is 331 g/mol. The minimum absolute atomic E-state index is 0.543. The van der Waals surface area contributed by atoms with E-state index < -0.39 is 11.6 Å². The van der Waals surface area contributed by atoms with Crippen LogP contribution >= 0.6 is 11.8 Å². The minimum Gasteiger partial charge on any atom is -0.255 e. The Morgan fingerprint density at radius 1 is 1.09 bits per heavy atom. The highest BCUT2D eigenvalue weighted by Crippen LogP contribution is 2.23. The Balaban J connectivity index is 1.79. The number of nitrogens with one attached hydrogen (secondary N) is 1. The van der Waals surface area contributed by atoms with Gasteiger partial charge in [-0.05, 0) is 43.7 Å². The molecular formula is C17H15F2N3S. The zero-order valence-electron chi connectivity index (χ0n) is 12.7. The van der Waals surface area contributed by atoms with Gasteiger partial charge in [0.2, 0.25) is 0 Å². The predicted octanol–water partition coefficient (Wildman–Crippen LogP) is 4.31. The maximum Gasteiger partial charge on any atom is 0.182 e. The molecule has 6 heteroatoms. The first kappa shape index (κ1) is 15.7. The lowest BCUT2D eigenvalue weighted by molar-refractivity contribution is 0.508. The van der Waals surface area contributed by atoms with Gasteiger partial charge in [-0.2, -0.15) is 5.10 Å². The van der Waals surface area contributed by atoms with Gasteiger partial charge >= 0.3 is 0 Å². The van der Waals surface area contributed by atoms with E-state index in [9.17, 15) is 8.78 Å². The van der Waals surface area contributed by atoms with Gasteiger partial charge in [0.15, 0.2) is 16.8 Å². The molecule has 0 aliphatic carbocycles. The second-order valence-electron chi connectivity index (χ2n) is 5.29. The molecule has 0 aromatic heterocycles. The molecule has 2 aromatic rings. The van der Waals surface area contributed by atoms with Gasteiger partial charge in [-0.1, -0.05) is 29.5 Å². The van der Waals surface area contributed by atoms with Crippen LogP contribution in [-0.4, -0.2) is 16.6 Å². The van der Waals surface area contributed by atoms with Crippen LogP contribution in [0.3, 0.4) is 0 Å². The number of halogens is 2. The van der Waals surface area contributed by atoms with Crippen LogP contribution in [0.1, 0.15) is 16.7 Å². The Morgan fingerprint density at radius 3 is 2.57 bits per heavy atom. The summed E-state index contributed by atoms with van der Waals surface area (Å²) in [6.45, 7) is 4.05. The number of aliphatic imine (C=N–C) groups is 1. The Morgan fingerprint density at radius 2 is 1.91 bits per heavy atom. The third-order valence-electron chi connectivity index (χ3n) is 3.46. The zero-order chi connectivity index (χ0) is 16.4. The third-order valence-corrected chi connectivity index (χ3v) is 4.33. The van der Waals surface area contributed by atoms with E-state index in [0.717, 1.165) is 23.4 Å². The van der Waals surface area contributed by atoms with Crippen molar-refractivity contribution in [1.29, 1.82) is 0 Å². The fraction of sp³-hybridized carbons (Fsp3) is 0.176. The van der Waals surface area contributed by atoms with Gasteiger partial charge in [0.05, 0.1) is 11.4 Å². The van der Waals surface area contributed by atoms with Crippen molar-refractivity contribution in [3.63, 3.8) is 0 Å². The maximum absolute atomic E-state index is 13.3. The fourth-order valence-electron chi connectivity index (χ4n) is 2.24. The number of benzene rings is 2. The number of amidine groups is 1. The van der Waals surface area contributed by atoms with E-state index in [0.29, 0.717) is 22.2 Å². The second-order valence-corrected chi connectivity index (χ2v) is 6.26. The molecule has 118 valence electrons. The van der Waals surface area contributed by atoms with Crippen molar-refractivity contribution in [1.82, 2.24) is 5.43 Å². The summed E-state index contributed by atoms with van der Waals surface area (Å²) in [5.74, 6) is -1.19. The van der Waals surface area contributed by atoms with Crippen LogP contribution in [0.2, 0.25) is 0 Å². The van der Waals surface area contributed by atoms with Crippen LogP contribution in [0, 0.1) is 25.5 Å². The van der Waals surface area contributed by atoms with Crippen molar-refractivity contribution >= 4 is 28.3 Å². The van der Waals surface area contributed by atoms with Gasteiger partial charge in [-0.15, -0.1) is 0 Å². The van der Waals surface area contributed by atoms with E-state index in [2.05, 4.69) is 21.6 Å². The summed E-state index contributed by atoms with van der Waals surface area (Å²) in [5, 5.41) is 4.90. The van der Waals surface area contributed by atoms with Crippen LogP contribution in [0.25, 0.3) is 0 Å². The zero-order valence-corrected chi connectivity index (χ0v) is 13.5. The largest absolute Gasteiger partial charge is 0.255 e. The number of nitrogens with zero attached hydrogens (tertiary/aromatic N) is 2. The molecule has 1 aliphatic rings. The summed E-state index contributed by atoms with van der Waals surface area (Å²) in [7, 11) is 0. The molecule has 3 rings (SSSR count). The van der Waals surface area contributed by atoms with Crippen molar-refractivity contribution in [3.05, 3.63) is 64.7 Å². The van der Waals surface area contributed by atoms with Gasteiger partial charge in [-0.25, -0.2) is 13.8 Å². The van der Waals surface area contributed by atoms with Gasteiger partial charge in [0, 0.05) is 11.3 Å². The smallest absolute Gasteiger partial charge is 0.182 e. The molecule has 0 bridgehead atoms. The minimum atomic E-state index is -0.870. The highest BCUT2D eigenvalue weighted by atomic mass is 32.2. The van der Waals surface area contributed by atoms with Gasteiger partial charge in [0.25, 0.3) is 0 Å². The van der Waals surface area contributed by atoms with E-state index >= 15 is 0 Å². The highest BCUT2D eigenvalue weighted by Gasteiger charge is 2.15. The van der Waals surface area contributed by atoms with Gasteiger partial charge < -0.3 is 0 Å². The standard InChI is InChI=1S/C17H15F2N3S/c1-10-3-6-15(11(2)7-10)20-17-22-21-16(9-23-17)12-4-5-13(18)14(19)8-12/h3-8H,9H2,1-2H3,(H,20,22). The van der Waals surface area contributed by atoms with Crippen LogP contribution in [0.5, 0.6) is 0 Å². The predicted molar refractivity (Wildman–Crippen MR) is 91.5 cm³/mol. The molecule has 1 heterocycles. The molecule has 0 amide bonds. The van der Waals surface area contributed by atoms with E-state index in [1.165, 1.54) is 23.4 Å². The molecule has 0 spiro atoms. The fourth-order valence-corrected chi connectivity index (χ4v) is 3.02. The van der Waals surface area contributed by atoms with Gasteiger partial charge in [0.1, 0.15) is 0 Å². The lowest BCUT2D eigenvalue weighted by Gasteiger charge is -2.15. The first-order valence-corrected chi connectivity index (χ1v) is 8.08. The number of hydrogen-bond donors (Lipinski definition) is 1. The van der Waals surface area contributed by atoms with E-state index in [-0.39, 0.29) is 0 Å². The van der Waals surface area contributed by atoms with Crippen LogP contribution in [-0.2, 0) is 0 Å². The van der Waals surface area contributed by atoms with E-state index in [4.69, 9.17) is 0 Å². The van der Waals surface area contributed by atoms with Crippen LogP contribution in [0.4, 0.5) is 14.5 Å². The third kappa shape index (κ3) is 3.59. The molecule has 3 nitrogen and oxygen atoms in total. The first-order valence-electron chi connectivity index (χ1n) is 7.09.